The van der Waals surface area contributed by atoms with Gasteiger partial charge in [-0.05, 0) is 24.6 Å². The van der Waals surface area contributed by atoms with E-state index in [0.29, 0.717) is 22.6 Å². The summed E-state index contributed by atoms with van der Waals surface area (Å²) in [6.45, 7) is 0.965. The number of aliphatic carboxylic acids is 1. The van der Waals surface area contributed by atoms with Crippen molar-refractivity contribution in [2.75, 3.05) is 27.4 Å². The molecule has 1 aromatic carbocycles. The van der Waals surface area contributed by atoms with Crippen molar-refractivity contribution >= 4 is 11.8 Å². The number of carboxylic acid groups (broad SMARTS) is 1. The van der Waals surface area contributed by atoms with Crippen LogP contribution in [-0.4, -0.2) is 44.3 Å². The van der Waals surface area contributed by atoms with Gasteiger partial charge in [0.25, 0.3) is 0 Å². The van der Waals surface area contributed by atoms with Crippen molar-refractivity contribution in [2.45, 2.75) is 6.92 Å². The highest BCUT2D eigenvalue weighted by molar-refractivity contribution is 5.99. The summed E-state index contributed by atoms with van der Waals surface area (Å²) in [5.41, 5.74) is 1.13. The fourth-order valence-corrected chi connectivity index (χ4v) is 1.59. The number of ketones is 1. The summed E-state index contributed by atoms with van der Waals surface area (Å²) >= 11 is 0. The van der Waals surface area contributed by atoms with Crippen LogP contribution in [0.3, 0.4) is 0 Å². The highest BCUT2D eigenvalue weighted by Gasteiger charge is 2.15. The maximum atomic E-state index is 11.9. The summed E-state index contributed by atoms with van der Waals surface area (Å²) in [6, 6.07) is 3.24. The van der Waals surface area contributed by atoms with Crippen molar-refractivity contribution in [1.82, 2.24) is 0 Å². The Morgan fingerprint density at radius 3 is 2.21 bits per heavy atom. The minimum absolute atomic E-state index is 0.289. The molecule has 0 heterocycles. The molecule has 6 heteroatoms. The predicted octanol–water partition coefficient (Wildman–Crippen LogP) is 1.30. The van der Waals surface area contributed by atoms with Gasteiger partial charge < -0.3 is 19.3 Å². The van der Waals surface area contributed by atoms with Crippen LogP contribution in [-0.2, 0) is 9.53 Å². The Hall–Kier alpha value is -2.08. The second kappa shape index (κ2) is 6.75. The van der Waals surface area contributed by atoms with Gasteiger partial charge in [-0.2, -0.15) is 0 Å². The van der Waals surface area contributed by atoms with E-state index in [0.717, 1.165) is 0 Å². The number of hydrogen-bond donors (Lipinski definition) is 1. The summed E-state index contributed by atoms with van der Waals surface area (Å²) in [5.74, 6) is -0.450. The number of methoxy groups -OCH3 is 2. The molecule has 0 bridgehead atoms. The molecule has 0 aliphatic heterocycles. The van der Waals surface area contributed by atoms with Crippen LogP contribution < -0.4 is 9.47 Å². The van der Waals surface area contributed by atoms with Gasteiger partial charge in [-0.3, -0.25) is 4.79 Å². The molecular formula is C13H16O6. The lowest BCUT2D eigenvalue weighted by Gasteiger charge is -2.12. The number of rotatable bonds is 7. The number of carbonyl (C=O) groups is 2. The van der Waals surface area contributed by atoms with Crippen molar-refractivity contribution in [3.8, 4) is 11.5 Å². The van der Waals surface area contributed by atoms with Crippen LogP contribution in [0.2, 0.25) is 0 Å². The van der Waals surface area contributed by atoms with Crippen LogP contribution in [0, 0.1) is 6.92 Å². The van der Waals surface area contributed by atoms with E-state index in [1.165, 1.54) is 14.2 Å². The summed E-state index contributed by atoms with van der Waals surface area (Å²) < 4.78 is 15.0. The van der Waals surface area contributed by atoms with Gasteiger partial charge in [0, 0.05) is 5.56 Å². The van der Waals surface area contributed by atoms with Gasteiger partial charge in [0.15, 0.2) is 17.3 Å². The molecule has 0 radical (unpaired) electrons. The largest absolute Gasteiger partial charge is 0.493 e. The van der Waals surface area contributed by atoms with E-state index in [9.17, 15) is 9.59 Å². The Balaban J connectivity index is 2.87. The van der Waals surface area contributed by atoms with E-state index < -0.39 is 12.6 Å². The van der Waals surface area contributed by atoms with Gasteiger partial charge >= 0.3 is 5.97 Å². The Morgan fingerprint density at radius 2 is 1.68 bits per heavy atom. The van der Waals surface area contributed by atoms with Crippen LogP contribution in [0.4, 0.5) is 0 Å². The highest BCUT2D eigenvalue weighted by Crippen LogP contribution is 2.30. The average Bonchev–Trinajstić information content (AvgIpc) is 2.37. The normalized spacial score (nSPS) is 10.1. The topological polar surface area (TPSA) is 82.1 Å². The molecule has 0 unspecified atom stereocenters. The molecule has 0 aromatic heterocycles. The molecule has 0 atom stereocenters. The van der Waals surface area contributed by atoms with E-state index in [1.807, 2.05) is 0 Å². The molecule has 1 aromatic rings. The van der Waals surface area contributed by atoms with Crippen molar-refractivity contribution < 1.29 is 28.9 Å². The smallest absolute Gasteiger partial charge is 0.329 e. The van der Waals surface area contributed by atoms with E-state index in [-0.39, 0.29) is 12.4 Å². The molecule has 0 aliphatic carbocycles. The molecule has 1 rings (SSSR count). The molecule has 19 heavy (non-hydrogen) atoms. The minimum atomic E-state index is -1.11. The molecule has 6 nitrogen and oxygen atoms in total. The molecule has 0 saturated heterocycles. The number of aryl methyl sites for hydroxylation is 1. The second-order valence-corrected chi connectivity index (χ2v) is 3.83. The monoisotopic (exact) mass is 268 g/mol. The van der Waals surface area contributed by atoms with Crippen molar-refractivity contribution in [3.05, 3.63) is 23.3 Å². The fourth-order valence-electron chi connectivity index (χ4n) is 1.59. The van der Waals surface area contributed by atoms with E-state index in [1.54, 1.807) is 19.1 Å². The van der Waals surface area contributed by atoms with Gasteiger partial charge in [-0.1, -0.05) is 0 Å². The Bertz CT molecular complexity index is 480. The van der Waals surface area contributed by atoms with Crippen LogP contribution in [0.5, 0.6) is 11.5 Å². The lowest BCUT2D eigenvalue weighted by atomic mass is 10.0. The van der Waals surface area contributed by atoms with E-state index >= 15 is 0 Å². The summed E-state index contributed by atoms with van der Waals surface area (Å²) in [7, 11) is 2.98. The first kappa shape index (κ1) is 15.0. The zero-order valence-corrected chi connectivity index (χ0v) is 11.1. The zero-order chi connectivity index (χ0) is 14.4. The van der Waals surface area contributed by atoms with Gasteiger partial charge in [-0.15, -0.1) is 0 Å². The molecule has 0 spiro atoms. The quantitative estimate of drug-likeness (QED) is 0.750. The number of Topliss-reactive ketones (excluding diaryl/α,β-unsaturated/α-hetero) is 1. The third-order valence-electron chi connectivity index (χ3n) is 2.49. The van der Waals surface area contributed by atoms with Crippen LogP contribution in [0.1, 0.15) is 15.9 Å². The summed E-state index contributed by atoms with van der Waals surface area (Å²) in [5, 5.41) is 8.43. The lowest BCUT2D eigenvalue weighted by Crippen LogP contribution is -2.15. The number of benzene rings is 1. The van der Waals surface area contributed by atoms with Crippen LogP contribution in [0.15, 0.2) is 12.1 Å². The molecule has 104 valence electrons. The van der Waals surface area contributed by atoms with Gasteiger partial charge in [0.2, 0.25) is 0 Å². The van der Waals surface area contributed by atoms with Gasteiger partial charge in [0.1, 0.15) is 13.2 Å². The number of ether oxygens (including phenoxy) is 3. The summed E-state index contributed by atoms with van der Waals surface area (Å²) in [6.07, 6.45) is 0. The SMILES string of the molecule is COc1cc(C)c(C(=O)COCC(=O)O)cc1OC. The van der Waals surface area contributed by atoms with Gasteiger partial charge in [0.05, 0.1) is 14.2 Å². The molecular weight excluding hydrogens is 252 g/mol. The number of carboxylic acids is 1. The minimum Gasteiger partial charge on any atom is -0.493 e. The third-order valence-corrected chi connectivity index (χ3v) is 2.49. The summed E-state index contributed by atoms with van der Waals surface area (Å²) in [4.78, 5) is 22.2. The van der Waals surface area contributed by atoms with Crippen LogP contribution >= 0.6 is 0 Å². The van der Waals surface area contributed by atoms with Crippen molar-refractivity contribution in [3.63, 3.8) is 0 Å². The first-order valence-corrected chi connectivity index (χ1v) is 5.55. The molecule has 1 N–H and O–H groups in total. The standard InChI is InChI=1S/C13H16O6/c1-8-4-11(17-2)12(18-3)5-9(8)10(14)6-19-7-13(15)16/h4-5H,6-7H2,1-3H3,(H,15,16). The molecule has 0 aliphatic rings. The van der Waals surface area contributed by atoms with Crippen molar-refractivity contribution in [1.29, 1.82) is 0 Å². The Morgan fingerprint density at radius 1 is 1.11 bits per heavy atom. The molecule has 0 amide bonds. The Kier molecular flexibility index (Phi) is 5.32. The predicted molar refractivity (Wildman–Crippen MR) is 67.1 cm³/mol. The second-order valence-electron chi connectivity index (χ2n) is 3.83. The number of carbonyl (C=O) groups excluding carboxylic acids is 1. The first-order valence-electron chi connectivity index (χ1n) is 5.55. The Labute approximate surface area is 110 Å². The zero-order valence-electron chi connectivity index (χ0n) is 11.1. The lowest BCUT2D eigenvalue weighted by molar-refractivity contribution is -0.141. The fraction of sp³-hybridized carbons (Fsp3) is 0.385. The third kappa shape index (κ3) is 3.96. The average molecular weight is 268 g/mol. The van der Waals surface area contributed by atoms with E-state index in [2.05, 4.69) is 0 Å². The van der Waals surface area contributed by atoms with Gasteiger partial charge in [-0.25, -0.2) is 4.79 Å². The molecule has 0 saturated carbocycles. The number of hydrogen-bond acceptors (Lipinski definition) is 5. The van der Waals surface area contributed by atoms with Crippen molar-refractivity contribution in [2.24, 2.45) is 0 Å². The van der Waals surface area contributed by atoms with E-state index in [4.69, 9.17) is 19.3 Å². The van der Waals surface area contributed by atoms with Crippen LogP contribution in [0.25, 0.3) is 0 Å². The maximum absolute atomic E-state index is 11.9. The maximum Gasteiger partial charge on any atom is 0.329 e. The highest BCUT2D eigenvalue weighted by atomic mass is 16.5. The molecule has 0 fully saturated rings. The first-order chi connectivity index (χ1) is 8.99.